The lowest BCUT2D eigenvalue weighted by molar-refractivity contribution is -0.145. The molecule has 1 saturated heterocycles. The molecular weight excluding hydrogens is 407 g/mol. The number of methoxy groups -OCH3 is 1. The second-order valence-electron chi connectivity index (χ2n) is 5.68. The number of aliphatic imine (C=N–C) groups is 1. The van der Waals surface area contributed by atoms with Crippen molar-refractivity contribution in [3.63, 3.8) is 0 Å². The van der Waals surface area contributed by atoms with Gasteiger partial charge in [0.2, 0.25) is 0 Å². The minimum Gasteiger partial charge on any atom is -0.469 e. The number of carbonyl (C=O) groups is 1. The molecule has 6 nitrogen and oxygen atoms in total. The predicted molar refractivity (Wildman–Crippen MR) is 101 cm³/mol. The van der Waals surface area contributed by atoms with E-state index in [-0.39, 0.29) is 41.8 Å². The van der Waals surface area contributed by atoms with E-state index in [0.29, 0.717) is 13.1 Å². The second kappa shape index (κ2) is 9.05. The maximum atomic E-state index is 11.8. The molecule has 1 fully saturated rings. The number of hydrogen-bond acceptors (Lipinski definition) is 4. The Kier molecular flexibility index (Phi) is 7.74. The van der Waals surface area contributed by atoms with Crippen LogP contribution in [0.2, 0.25) is 0 Å². The van der Waals surface area contributed by atoms with Gasteiger partial charge in [0.1, 0.15) is 0 Å². The fourth-order valence-corrected chi connectivity index (χ4v) is 2.80. The largest absolute Gasteiger partial charge is 0.469 e. The first kappa shape index (κ1) is 19.7. The minimum absolute atomic E-state index is 0. The van der Waals surface area contributed by atoms with Crippen LogP contribution in [0.4, 0.5) is 0 Å². The number of carbonyl (C=O) groups excluding carboxylic acids is 1. The standard InChI is InChI=1S/C16H24N4O2.HI/c1-11-9-20(10-14(11)15(21)22-4)16(17-3)18-8-13-7-5-6-12(2)19-13;/h5-7,11,14H,8-10H2,1-4H3,(H,17,18);1H. The van der Waals surface area contributed by atoms with E-state index in [1.807, 2.05) is 25.1 Å². The lowest BCUT2D eigenvalue weighted by atomic mass is 9.99. The van der Waals surface area contributed by atoms with Crippen molar-refractivity contribution < 1.29 is 9.53 Å². The van der Waals surface area contributed by atoms with Crippen LogP contribution in [0.25, 0.3) is 0 Å². The van der Waals surface area contributed by atoms with E-state index in [1.54, 1.807) is 7.05 Å². The molecule has 128 valence electrons. The molecule has 0 radical (unpaired) electrons. The summed E-state index contributed by atoms with van der Waals surface area (Å²) in [7, 11) is 3.19. The third kappa shape index (κ3) is 5.05. The molecule has 0 aliphatic carbocycles. The fraction of sp³-hybridized carbons (Fsp3) is 0.562. The molecule has 2 rings (SSSR count). The van der Waals surface area contributed by atoms with Gasteiger partial charge >= 0.3 is 5.97 Å². The van der Waals surface area contributed by atoms with E-state index in [2.05, 4.69) is 27.1 Å². The summed E-state index contributed by atoms with van der Waals surface area (Å²) < 4.78 is 4.87. The molecule has 1 aliphatic rings. The number of aromatic nitrogens is 1. The van der Waals surface area contributed by atoms with E-state index in [0.717, 1.165) is 23.9 Å². The van der Waals surface area contributed by atoms with Gasteiger partial charge in [-0.1, -0.05) is 13.0 Å². The van der Waals surface area contributed by atoms with E-state index in [4.69, 9.17) is 4.74 Å². The van der Waals surface area contributed by atoms with Crippen LogP contribution < -0.4 is 5.32 Å². The number of aryl methyl sites for hydroxylation is 1. The van der Waals surface area contributed by atoms with Crippen LogP contribution in [0.5, 0.6) is 0 Å². The van der Waals surface area contributed by atoms with Crippen LogP contribution >= 0.6 is 24.0 Å². The van der Waals surface area contributed by atoms with Gasteiger partial charge < -0.3 is 15.0 Å². The van der Waals surface area contributed by atoms with Gasteiger partial charge in [0.25, 0.3) is 0 Å². The van der Waals surface area contributed by atoms with Crippen molar-refractivity contribution in [2.45, 2.75) is 20.4 Å². The van der Waals surface area contributed by atoms with Gasteiger partial charge in [-0.3, -0.25) is 14.8 Å². The van der Waals surface area contributed by atoms with Crippen LogP contribution in [0.15, 0.2) is 23.2 Å². The topological polar surface area (TPSA) is 66.8 Å². The Bertz CT molecular complexity index is 565. The lowest BCUT2D eigenvalue weighted by Gasteiger charge is -2.21. The number of likely N-dealkylation sites (tertiary alicyclic amines) is 1. The lowest BCUT2D eigenvalue weighted by Crippen LogP contribution is -2.40. The summed E-state index contributed by atoms with van der Waals surface area (Å²) in [5.74, 6) is 0.802. The Morgan fingerprint density at radius 2 is 2.22 bits per heavy atom. The summed E-state index contributed by atoms with van der Waals surface area (Å²) in [5, 5.41) is 3.31. The zero-order valence-electron chi connectivity index (χ0n) is 14.1. The quantitative estimate of drug-likeness (QED) is 0.342. The summed E-state index contributed by atoms with van der Waals surface area (Å²) in [5.41, 5.74) is 1.97. The van der Waals surface area contributed by atoms with Crippen molar-refractivity contribution in [2.24, 2.45) is 16.8 Å². The van der Waals surface area contributed by atoms with E-state index in [1.165, 1.54) is 7.11 Å². The van der Waals surface area contributed by atoms with Gasteiger partial charge in [-0.05, 0) is 25.0 Å². The number of halogens is 1. The molecule has 0 amide bonds. The number of pyridine rings is 1. The third-order valence-electron chi connectivity index (χ3n) is 4.00. The fourth-order valence-electron chi connectivity index (χ4n) is 2.80. The molecule has 2 heterocycles. The van der Waals surface area contributed by atoms with Crippen LogP contribution in [-0.2, 0) is 16.1 Å². The van der Waals surface area contributed by atoms with Gasteiger partial charge in [-0.25, -0.2) is 0 Å². The molecule has 1 aliphatic heterocycles. The van der Waals surface area contributed by atoms with E-state index >= 15 is 0 Å². The smallest absolute Gasteiger partial charge is 0.310 e. The Morgan fingerprint density at radius 1 is 1.48 bits per heavy atom. The van der Waals surface area contributed by atoms with Gasteiger partial charge in [-0.2, -0.15) is 0 Å². The summed E-state index contributed by atoms with van der Waals surface area (Å²) >= 11 is 0. The van der Waals surface area contributed by atoms with Crippen LogP contribution in [0.1, 0.15) is 18.3 Å². The molecule has 0 spiro atoms. The number of esters is 1. The zero-order chi connectivity index (χ0) is 16.1. The number of nitrogens with one attached hydrogen (secondary N) is 1. The molecule has 2 unspecified atom stereocenters. The molecule has 0 aromatic carbocycles. The Morgan fingerprint density at radius 3 is 2.83 bits per heavy atom. The molecule has 0 saturated carbocycles. The number of hydrogen-bond donors (Lipinski definition) is 1. The molecule has 0 bridgehead atoms. The van der Waals surface area contributed by atoms with Crippen molar-refractivity contribution in [2.75, 3.05) is 27.2 Å². The van der Waals surface area contributed by atoms with Gasteiger partial charge in [0.05, 0.1) is 25.3 Å². The van der Waals surface area contributed by atoms with Crippen LogP contribution in [0.3, 0.4) is 0 Å². The average molecular weight is 432 g/mol. The van der Waals surface area contributed by atoms with Gasteiger partial charge in [0, 0.05) is 25.8 Å². The van der Waals surface area contributed by atoms with E-state index < -0.39 is 0 Å². The van der Waals surface area contributed by atoms with Crippen LogP contribution in [0, 0.1) is 18.8 Å². The first-order valence-corrected chi connectivity index (χ1v) is 7.51. The molecule has 1 aromatic rings. The van der Waals surface area contributed by atoms with Crippen molar-refractivity contribution in [1.29, 1.82) is 0 Å². The highest BCUT2D eigenvalue weighted by molar-refractivity contribution is 14.0. The summed E-state index contributed by atoms with van der Waals surface area (Å²) in [6.07, 6.45) is 0. The molecule has 23 heavy (non-hydrogen) atoms. The maximum Gasteiger partial charge on any atom is 0.310 e. The highest BCUT2D eigenvalue weighted by Gasteiger charge is 2.36. The predicted octanol–water partition coefficient (Wildman–Crippen LogP) is 1.82. The van der Waals surface area contributed by atoms with Crippen molar-refractivity contribution in [3.8, 4) is 0 Å². The zero-order valence-corrected chi connectivity index (χ0v) is 16.4. The number of ether oxygens (including phenoxy) is 1. The minimum atomic E-state index is -0.147. The maximum absolute atomic E-state index is 11.8. The molecular formula is C16H25IN4O2. The number of guanidine groups is 1. The SMILES string of the molecule is CN=C(NCc1cccc(C)n1)N1CC(C)C(C(=O)OC)C1.I. The van der Waals surface area contributed by atoms with Gasteiger partial charge in [-0.15, -0.1) is 24.0 Å². The summed E-state index contributed by atoms with van der Waals surface area (Å²) in [4.78, 5) is 22.7. The Labute approximate surface area is 154 Å². The Balaban J connectivity index is 0.00000264. The normalized spacial score (nSPS) is 20.9. The first-order valence-electron chi connectivity index (χ1n) is 7.51. The number of rotatable bonds is 3. The molecule has 1 N–H and O–H groups in total. The average Bonchev–Trinajstić information content (AvgIpc) is 2.89. The highest BCUT2D eigenvalue weighted by Crippen LogP contribution is 2.24. The molecule has 2 atom stereocenters. The summed E-state index contributed by atoms with van der Waals surface area (Å²) in [6, 6.07) is 5.95. The third-order valence-corrected chi connectivity index (χ3v) is 4.00. The van der Waals surface area contributed by atoms with Crippen molar-refractivity contribution in [3.05, 3.63) is 29.6 Å². The van der Waals surface area contributed by atoms with Gasteiger partial charge in [0.15, 0.2) is 5.96 Å². The highest BCUT2D eigenvalue weighted by atomic mass is 127. The van der Waals surface area contributed by atoms with E-state index in [9.17, 15) is 4.79 Å². The Hall–Kier alpha value is -1.38. The molecule has 7 heteroatoms. The second-order valence-corrected chi connectivity index (χ2v) is 5.68. The monoisotopic (exact) mass is 432 g/mol. The van der Waals surface area contributed by atoms with Crippen molar-refractivity contribution in [1.82, 2.24) is 15.2 Å². The first-order chi connectivity index (χ1) is 10.5. The summed E-state index contributed by atoms with van der Waals surface area (Å²) in [6.45, 7) is 6.08. The number of nitrogens with zero attached hydrogens (tertiary/aromatic N) is 3. The molecule has 1 aromatic heterocycles. The van der Waals surface area contributed by atoms with Crippen LogP contribution in [-0.4, -0.2) is 49.1 Å². The van der Waals surface area contributed by atoms with Crippen molar-refractivity contribution >= 4 is 35.9 Å².